The van der Waals surface area contributed by atoms with Crippen LogP contribution in [-0.4, -0.2) is 53.7 Å². The van der Waals surface area contributed by atoms with E-state index in [1.165, 1.54) is 12.1 Å². The van der Waals surface area contributed by atoms with Gasteiger partial charge in [0.25, 0.3) is 0 Å². The number of likely N-dealkylation sites (N-methyl/N-ethyl adjacent to an activating group) is 1. The number of hydrogen-bond donors (Lipinski definition) is 2. The predicted octanol–water partition coefficient (Wildman–Crippen LogP) is 0.264. The first kappa shape index (κ1) is 16.8. The number of sulfonamides is 1. The lowest BCUT2D eigenvalue weighted by Crippen LogP contribution is -2.35. The maximum absolute atomic E-state index is 13.6. The lowest BCUT2D eigenvalue weighted by molar-refractivity contribution is 0.162. The molecule has 0 amide bonds. The number of nitrogens with two attached hydrogens (primary N) is 1. The average Bonchev–Trinajstić information content (AvgIpc) is 2.35. The molecule has 6 nitrogen and oxygen atoms in total. The lowest BCUT2D eigenvalue weighted by Gasteiger charge is -2.16. The first-order valence-electron chi connectivity index (χ1n) is 6.09. The molecule has 1 aromatic carbocycles. The Labute approximate surface area is 118 Å². The van der Waals surface area contributed by atoms with Crippen molar-refractivity contribution in [2.75, 3.05) is 46.1 Å². The summed E-state index contributed by atoms with van der Waals surface area (Å²) in [7, 11) is -0.513. The Balaban J connectivity index is 2.63. The molecule has 20 heavy (non-hydrogen) atoms. The van der Waals surface area contributed by atoms with Crippen molar-refractivity contribution >= 4 is 15.7 Å². The van der Waals surface area contributed by atoms with Gasteiger partial charge in [-0.2, -0.15) is 0 Å². The molecular formula is C12H20FN3O3S. The number of nitrogens with zero attached hydrogens (tertiary/aromatic N) is 1. The van der Waals surface area contributed by atoms with Gasteiger partial charge in [-0.25, -0.2) is 17.5 Å². The number of nitrogen functional groups attached to an aromatic ring is 1. The summed E-state index contributed by atoms with van der Waals surface area (Å²) in [5.41, 5.74) is 5.41. The molecule has 0 heterocycles. The Kier molecular flexibility index (Phi) is 6.34. The van der Waals surface area contributed by atoms with Crippen LogP contribution in [0.1, 0.15) is 0 Å². The Hall–Kier alpha value is -1.22. The molecule has 8 heteroatoms. The summed E-state index contributed by atoms with van der Waals surface area (Å²) in [5, 5.41) is 0. The molecule has 0 fully saturated rings. The topological polar surface area (TPSA) is 84.7 Å². The summed E-state index contributed by atoms with van der Waals surface area (Å²) < 4.78 is 44.8. The van der Waals surface area contributed by atoms with Gasteiger partial charge in [-0.1, -0.05) is 6.07 Å². The third-order valence-electron chi connectivity index (χ3n) is 2.73. The smallest absolute Gasteiger partial charge is 0.245 e. The molecule has 0 saturated heterocycles. The van der Waals surface area contributed by atoms with Crippen molar-refractivity contribution in [2.45, 2.75) is 4.90 Å². The van der Waals surface area contributed by atoms with E-state index in [0.29, 0.717) is 19.7 Å². The summed E-state index contributed by atoms with van der Waals surface area (Å²) in [4.78, 5) is 1.40. The standard InChI is InChI=1S/C12H20FN3O3S/c1-16(8-9-19-2)7-6-15-20(17,18)12-10(13)4-3-5-11(12)14/h3-5,15H,6-9,14H2,1-2H3. The second-order valence-corrected chi connectivity index (χ2v) is 6.06. The lowest BCUT2D eigenvalue weighted by atomic mass is 10.3. The zero-order valence-corrected chi connectivity index (χ0v) is 12.4. The van der Waals surface area contributed by atoms with Crippen LogP contribution in [0, 0.1) is 5.82 Å². The Morgan fingerprint density at radius 2 is 2.10 bits per heavy atom. The molecule has 0 aliphatic rings. The van der Waals surface area contributed by atoms with Gasteiger partial charge in [0, 0.05) is 26.7 Å². The molecule has 0 aromatic heterocycles. The van der Waals surface area contributed by atoms with E-state index in [1.807, 2.05) is 11.9 Å². The van der Waals surface area contributed by atoms with Gasteiger partial charge in [-0.3, -0.25) is 0 Å². The highest BCUT2D eigenvalue weighted by atomic mass is 32.2. The van der Waals surface area contributed by atoms with E-state index >= 15 is 0 Å². The third kappa shape index (κ3) is 4.71. The van der Waals surface area contributed by atoms with E-state index in [9.17, 15) is 12.8 Å². The van der Waals surface area contributed by atoms with Crippen molar-refractivity contribution in [1.29, 1.82) is 0 Å². The van der Waals surface area contributed by atoms with E-state index in [1.54, 1.807) is 7.11 Å². The minimum absolute atomic E-state index is 0.106. The van der Waals surface area contributed by atoms with Crippen molar-refractivity contribution in [3.63, 3.8) is 0 Å². The first-order chi connectivity index (χ1) is 9.38. The van der Waals surface area contributed by atoms with E-state index < -0.39 is 20.7 Å². The molecule has 0 radical (unpaired) electrons. The van der Waals surface area contributed by atoms with E-state index in [0.717, 1.165) is 6.07 Å². The van der Waals surface area contributed by atoms with Crippen LogP contribution in [0.3, 0.4) is 0 Å². The van der Waals surface area contributed by atoms with E-state index in [4.69, 9.17) is 10.5 Å². The van der Waals surface area contributed by atoms with Crippen molar-refractivity contribution in [3.05, 3.63) is 24.0 Å². The normalized spacial score (nSPS) is 12.0. The van der Waals surface area contributed by atoms with Crippen LogP contribution in [0.2, 0.25) is 0 Å². The second-order valence-electron chi connectivity index (χ2n) is 4.35. The first-order valence-corrected chi connectivity index (χ1v) is 7.58. The summed E-state index contributed by atoms with van der Waals surface area (Å²) in [5.74, 6) is -0.856. The molecule has 0 saturated carbocycles. The third-order valence-corrected chi connectivity index (χ3v) is 4.28. The minimum atomic E-state index is -3.95. The number of nitrogens with one attached hydrogen (secondary N) is 1. The van der Waals surface area contributed by atoms with Crippen LogP contribution in [0.4, 0.5) is 10.1 Å². The quantitative estimate of drug-likeness (QED) is 0.673. The van der Waals surface area contributed by atoms with Crippen LogP contribution in [0.15, 0.2) is 23.1 Å². The van der Waals surface area contributed by atoms with Crippen LogP contribution in [0.5, 0.6) is 0 Å². The molecule has 0 atom stereocenters. The molecular weight excluding hydrogens is 285 g/mol. The molecule has 3 N–H and O–H groups in total. The summed E-state index contributed by atoms with van der Waals surface area (Å²) in [6.45, 7) is 1.89. The number of halogens is 1. The number of hydrogen-bond acceptors (Lipinski definition) is 5. The van der Waals surface area contributed by atoms with Crippen LogP contribution >= 0.6 is 0 Å². The fourth-order valence-electron chi connectivity index (χ4n) is 1.61. The fraction of sp³-hybridized carbons (Fsp3) is 0.500. The predicted molar refractivity (Wildman–Crippen MR) is 75.4 cm³/mol. The summed E-state index contributed by atoms with van der Waals surface area (Å²) in [6.07, 6.45) is 0. The zero-order valence-electron chi connectivity index (χ0n) is 11.6. The van der Waals surface area contributed by atoms with Gasteiger partial charge in [0.05, 0.1) is 12.3 Å². The van der Waals surface area contributed by atoms with Crippen LogP contribution < -0.4 is 10.5 Å². The number of methoxy groups -OCH3 is 1. The Bertz CT molecular complexity index is 516. The summed E-state index contributed by atoms with van der Waals surface area (Å²) >= 11 is 0. The highest BCUT2D eigenvalue weighted by Gasteiger charge is 2.21. The van der Waals surface area contributed by atoms with Gasteiger partial charge in [0.15, 0.2) is 0 Å². The van der Waals surface area contributed by atoms with Gasteiger partial charge in [0.1, 0.15) is 10.7 Å². The molecule has 0 aliphatic carbocycles. The summed E-state index contributed by atoms with van der Waals surface area (Å²) in [6, 6.07) is 3.78. The number of rotatable bonds is 8. The van der Waals surface area contributed by atoms with Gasteiger partial charge < -0.3 is 15.4 Å². The van der Waals surface area contributed by atoms with E-state index in [-0.39, 0.29) is 12.2 Å². The molecule has 114 valence electrons. The molecule has 0 unspecified atom stereocenters. The fourth-order valence-corrected chi connectivity index (χ4v) is 2.82. The second kappa shape index (κ2) is 7.53. The maximum atomic E-state index is 13.6. The van der Waals surface area contributed by atoms with Crippen molar-refractivity contribution in [2.24, 2.45) is 0 Å². The number of benzene rings is 1. The van der Waals surface area contributed by atoms with Gasteiger partial charge in [-0.05, 0) is 19.2 Å². The number of ether oxygens (including phenoxy) is 1. The maximum Gasteiger partial charge on any atom is 0.245 e. The highest BCUT2D eigenvalue weighted by molar-refractivity contribution is 7.89. The molecule has 1 aromatic rings. The zero-order chi connectivity index (χ0) is 15.2. The van der Waals surface area contributed by atoms with Crippen LogP contribution in [0.25, 0.3) is 0 Å². The highest BCUT2D eigenvalue weighted by Crippen LogP contribution is 2.20. The van der Waals surface area contributed by atoms with Crippen molar-refractivity contribution in [3.8, 4) is 0 Å². The Morgan fingerprint density at radius 3 is 2.70 bits per heavy atom. The SMILES string of the molecule is COCCN(C)CCNS(=O)(=O)c1c(N)cccc1F. The molecule has 1 rings (SSSR count). The van der Waals surface area contributed by atoms with Crippen molar-refractivity contribution in [1.82, 2.24) is 9.62 Å². The minimum Gasteiger partial charge on any atom is -0.398 e. The van der Waals surface area contributed by atoms with Crippen molar-refractivity contribution < 1.29 is 17.5 Å². The molecule has 0 spiro atoms. The molecule has 0 aliphatic heterocycles. The number of anilines is 1. The van der Waals surface area contributed by atoms with Gasteiger partial charge in [0.2, 0.25) is 10.0 Å². The Morgan fingerprint density at radius 1 is 1.40 bits per heavy atom. The van der Waals surface area contributed by atoms with Gasteiger partial charge >= 0.3 is 0 Å². The van der Waals surface area contributed by atoms with E-state index in [2.05, 4.69) is 4.72 Å². The largest absolute Gasteiger partial charge is 0.398 e. The van der Waals surface area contributed by atoms with Gasteiger partial charge in [-0.15, -0.1) is 0 Å². The average molecular weight is 305 g/mol. The van der Waals surface area contributed by atoms with Crippen LogP contribution in [-0.2, 0) is 14.8 Å². The molecule has 0 bridgehead atoms. The monoisotopic (exact) mass is 305 g/mol.